The lowest BCUT2D eigenvalue weighted by Crippen LogP contribution is -2.01. The summed E-state index contributed by atoms with van der Waals surface area (Å²) >= 11 is 0. The first-order chi connectivity index (χ1) is 9.02. The summed E-state index contributed by atoms with van der Waals surface area (Å²) in [7, 11) is 1.40. The molecule has 0 N–H and O–H groups in total. The standard InChI is InChI=1S/C17H18O2/c1-11-8-12(2)16(13(3)9-11)14-6-5-7-15(10-14)17(18)19-4/h5-10H,1-4H3. The Hall–Kier alpha value is -2.09. The Morgan fingerprint density at radius 1 is 1.00 bits per heavy atom. The Labute approximate surface area is 114 Å². The molecular formula is C17H18O2. The molecule has 0 amide bonds. The van der Waals surface area contributed by atoms with E-state index in [1.54, 1.807) is 6.07 Å². The average Bonchev–Trinajstić information content (AvgIpc) is 2.37. The van der Waals surface area contributed by atoms with Gasteiger partial charge in [0.1, 0.15) is 0 Å². The van der Waals surface area contributed by atoms with Gasteiger partial charge in [0, 0.05) is 0 Å². The van der Waals surface area contributed by atoms with Crippen molar-refractivity contribution in [3.05, 3.63) is 58.7 Å². The van der Waals surface area contributed by atoms with E-state index >= 15 is 0 Å². The number of benzene rings is 2. The highest BCUT2D eigenvalue weighted by molar-refractivity contribution is 5.91. The number of ether oxygens (including phenoxy) is 1. The van der Waals surface area contributed by atoms with Crippen LogP contribution in [0.2, 0.25) is 0 Å². The van der Waals surface area contributed by atoms with Crippen LogP contribution in [-0.2, 0) is 4.74 Å². The zero-order valence-electron chi connectivity index (χ0n) is 11.8. The summed E-state index contributed by atoms with van der Waals surface area (Å²) in [5.74, 6) is -0.302. The molecule has 0 bridgehead atoms. The summed E-state index contributed by atoms with van der Waals surface area (Å²) in [5.41, 5.74) is 6.52. The highest BCUT2D eigenvalue weighted by atomic mass is 16.5. The average molecular weight is 254 g/mol. The molecule has 2 heteroatoms. The molecule has 0 fully saturated rings. The number of esters is 1. The molecule has 2 rings (SSSR count). The van der Waals surface area contributed by atoms with Crippen molar-refractivity contribution in [3.63, 3.8) is 0 Å². The second-order valence-electron chi connectivity index (χ2n) is 4.85. The second kappa shape index (κ2) is 5.27. The van der Waals surface area contributed by atoms with E-state index in [1.165, 1.54) is 29.4 Å². The molecule has 98 valence electrons. The molecule has 0 aliphatic rings. The molecular weight excluding hydrogens is 236 g/mol. The van der Waals surface area contributed by atoms with E-state index in [0.29, 0.717) is 5.56 Å². The van der Waals surface area contributed by atoms with Crippen LogP contribution in [0.15, 0.2) is 36.4 Å². The molecule has 0 aliphatic heterocycles. The fourth-order valence-corrected chi connectivity index (χ4v) is 2.55. The summed E-state index contributed by atoms with van der Waals surface area (Å²) in [4.78, 5) is 11.6. The lowest BCUT2D eigenvalue weighted by atomic mass is 9.93. The van der Waals surface area contributed by atoms with E-state index < -0.39 is 0 Å². The molecule has 0 saturated heterocycles. The van der Waals surface area contributed by atoms with E-state index in [1.807, 2.05) is 18.2 Å². The molecule has 0 unspecified atom stereocenters. The minimum absolute atomic E-state index is 0.302. The number of carbonyl (C=O) groups excluding carboxylic acids is 1. The minimum Gasteiger partial charge on any atom is -0.465 e. The Bertz CT molecular complexity index is 604. The zero-order valence-corrected chi connectivity index (χ0v) is 11.8. The molecule has 2 aromatic carbocycles. The third-order valence-corrected chi connectivity index (χ3v) is 3.25. The highest BCUT2D eigenvalue weighted by Crippen LogP contribution is 2.29. The van der Waals surface area contributed by atoms with Gasteiger partial charge < -0.3 is 4.74 Å². The van der Waals surface area contributed by atoms with Crippen LogP contribution in [0.3, 0.4) is 0 Å². The SMILES string of the molecule is COC(=O)c1cccc(-c2c(C)cc(C)cc2C)c1. The van der Waals surface area contributed by atoms with Crippen molar-refractivity contribution >= 4 is 5.97 Å². The number of hydrogen-bond acceptors (Lipinski definition) is 2. The lowest BCUT2D eigenvalue weighted by Gasteiger charge is -2.12. The maximum Gasteiger partial charge on any atom is 0.337 e. The van der Waals surface area contributed by atoms with Gasteiger partial charge in [-0.15, -0.1) is 0 Å². The Kier molecular flexibility index (Phi) is 3.70. The number of aryl methyl sites for hydroxylation is 3. The van der Waals surface area contributed by atoms with Gasteiger partial charge in [0.2, 0.25) is 0 Å². The second-order valence-corrected chi connectivity index (χ2v) is 4.85. The van der Waals surface area contributed by atoms with Crippen molar-refractivity contribution in [2.45, 2.75) is 20.8 Å². The van der Waals surface area contributed by atoms with Gasteiger partial charge in [-0.3, -0.25) is 0 Å². The number of rotatable bonds is 2. The highest BCUT2D eigenvalue weighted by Gasteiger charge is 2.10. The first-order valence-corrected chi connectivity index (χ1v) is 6.29. The fourth-order valence-electron chi connectivity index (χ4n) is 2.55. The van der Waals surface area contributed by atoms with E-state index in [2.05, 4.69) is 32.9 Å². The molecule has 0 saturated carbocycles. The van der Waals surface area contributed by atoms with Gasteiger partial charge in [-0.2, -0.15) is 0 Å². The summed E-state index contributed by atoms with van der Waals surface area (Å²) in [6.07, 6.45) is 0. The quantitative estimate of drug-likeness (QED) is 0.755. The summed E-state index contributed by atoms with van der Waals surface area (Å²) < 4.78 is 4.77. The van der Waals surface area contributed by atoms with Crippen LogP contribution in [0, 0.1) is 20.8 Å². The molecule has 2 aromatic rings. The van der Waals surface area contributed by atoms with Crippen molar-refractivity contribution in [1.82, 2.24) is 0 Å². The van der Waals surface area contributed by atoms with Crippen LogP contribution in [0.25, 0.3) is 11.1 Å². The third-order valence-electron chi connectivity index (χ3n) is 3.25. The van der Waals surface area contributed by atoms with Crippen LogP contribution in [0.4, 0.5) is 0 Å². The topological polar surface area (TPSA) is 26.3 Å². The van der Waals surface area contributed by atoms with Gasteiger partial charge in [-0.25, -0.2) is 4.79 Å². The van der Waals surface area contributed by atoms with E-state index in [9.17, 15) is 4.79 Å². The van der Waals surface area contributed by atoms with Gasteiger partial charge in [0.05, 0.1) is 12.7 Å². The van der Waals surface area contributed by atoms with Crippen molar-refractivity contribution in [2.75, 3.05) is 7.11 Å². The van der Waals surface area contributed by atoms with Crippen LogP contribution in [0.5, 0.6) is 0 Å². The van der Waals surface area contributed by atoms with E-state index in [4.69, 9.17) is 4.74 Å². The summed E-state index contributed by atoms with van der Waals surface area (Å²) in [5, 5.41) is 0. The first kappa shape index (κ1) is 13.3. The van der Waals surface area contributed by atoms with E-state index in [-0.39, 0.29) is 5.97 Å². The van der Waals surface area contributed by atoms with Gasteiger partial charge >= 0.3 is 5.97 Å². The van der Waals surface area contributed by atoms with Crippen molar-refractivity contribution < 1.29 is 9.53 Å². The van der Waals surface area contributed by atoms with Crippen LogP contribution in [0.1, 0.15) is 27.0 Å². The molecule has 0 atom stereocenters. The number of methoxy groups -OCH3 is 1. The maximum absolute atomic E-state index is 11.6. The first-order valence-electron chi connectivity index (χ1n) is 6.29. The molecule has 19 heavy (non-hydrogen) atoms. The van der Waals surface area contributed by atoms with Crippen molar-refractivity contribution in [2.24, 2.45) is 0 Å². The predicted molar refractivity (Wildman–Crippen MR) is 77.4 cm³/mol. The monoisotopic (exact) mass is 254 g/mol. The zero-order chi connectivity index (χ0) is 14.0. The molecule has 0 spiro atoms. The minimum atomic E-state index is -0.302. The van der Waals surface area contributed by atoms with Crippen LogP contribution in [-0.4, -0.2) is 13.1 Å². The molecule has 0 aromatic heterocycles. The van der Waals surface area contributed by atoms with Crippen molar-refractivity contribution in [3.8, 4) is 11.1 Å². The summed E-state index contributed by atoms with van der Waals surface area (Å²) in [6, 6.07) is 11.9. The predicted octanol–water partition coefficient (Wildman–Crippen LogP) is 4.07. The van der Waals surface area contributed by atoms with Gasteiger partial charge in [-0.05, 0) is 55.2 Å². The molecule has 2 nitrogen and oxygen atoms in total. The maximum atomic E-state index is 11.6. The van der Waals surface area contributed by atoms with Crippen LogP contribution < -0.4 is 0 Å². The normalized spacial score (nSPS) is 10.3. The number of carbonyl (C=O) groups is 1. The number of hydrogen-bond donors (Lipinski definition) is 0. The van der Waals surface area contributed by atoms with Gasteiger partial charge in [0.25, 0.3) is 0 Å². The largest absolute Gasteiger partial charge is 0.465 e. The summed E-state index contributed by atoms with van der Waals surface area (Å²) in [6.45, 7) is 6.29. The van der Waals surface area contributed by atoms with Crippen molar-refractivity contribution in [1.29, 1.82) is 0 Å². The molecule has 0 aliphatic carbocycles. The Morgan fingerprint density at radius 2 is 1.63 bits per heavy atom. The third kappa shape index (κ3) is 2.68. The van der Waals surface area contributed by atoms with Crippen LogP contribution >= 0.6 is 0 Å². The molecule has 0 heterocycles. The molecule has 0 radical (unpaired) electrons. The van der Waals surface area contributed by atoms with Gasteiger partial charge in [0.15, 0.2) is 0 Å². The Balaban J connectivity index is 2.57. The fraction of sp³-hybridized carbons (Fsp3) is 0.235. The van der Waals surface area contributed by atoms with Gasteiger partial charge in [-0.1, -0.05) is 29.8 Å². The van der Waals surface area contributed by atoms with E-state index in [0.717, 1.165) is 5.56 Å². The Morgan fingerprint density at radius 3 is 2.21 bits per heavy atom. The lowest BCUT2D eigenvalue weighted by molar-refractivity contribution is 0.0601. The smallest absolute Gasteiger partial charge is 0.337 e.